The lowest BCUT2D eigenvalue weighted by molar-refractivity contribution is -0.136. The fourth-order valence-corrected chi connectivity index (χ4v) is 4.31. The number of amides is 1. The van der Waals surface area contributed by atoms with E-state index >= 15 is 0 Å². The summed E-state index contributed by atoms with van der Waals surface area (Å²) in [4.78, 5) is 14.9. The molecule has 0 N–H and O–H groups in total. The molecule has 1 amide bonds. The van der Waals surface area contributed by atoms with Crippen LogP contribution in [0.1, 0.15) is 52.5 Å². The van der Waals surface area contributed by atoms with E-state index in [0.717, 1.165) is 18.4 Å². The maximum atomic E-state index is 12.6. The van der Waals surface area contributed by atoms with Crippen LogP contribution in [0.15, 0.2) is 29.2 Å². The molecule has 1 aromatic carbocycles. The zero-order chi connectivity index (χ0) is 17.2. The van der Waals surface area contributed by atoms with Gasteiger partial charge in [0.25, 0.3) is 0 Å². The van der Waals surface area contributed by atoms with Crippen molar-refractivity contribution in [3.63, 3.8) is 0 Å². The summed E-state index contributed by atoms with van der Waals surface area (Å²) in [6.45, 7) is 7.55. The SMILES string of the molecule is CC1CCCC(C)N1C(=O)Cc1ccc(S(=O)(=O)C(C)C)cc1. The first kappa shape index (κ1) is 18.0. The average molecular weight is 337 g/mol. The molecule has 0 radical (unpaired) electrons. The maximum absolute atomic E-state index is 12.6. The monoisotopic (exact) mass is 337 g/mol. The van der Waals surface area contributed by atoms with E-state index in [9.17, 15) is 13.2 Å². The van der Waals surface area contributed by atoms with Crippen LogP contribution in [-0.2, 0) is 21.1 Å². The first-order chi connectivity index (χ1) is 10.7. The first-order valence-corrected chi connectivity index (χ1v) is 9.92. The van der Waals surface area contributed by atoms with Gasteiger partial charge in [0.15, 0.2) is 9.84 Å². The van der Waals surface area contributed by atoms with Crippen molar-refractivity contribution >= 4 is 15.7 Å². The maximum Gasteiger partial charge on any atom is 0.227 e. The quantitative estimate of drug-likeness (QED) is 0.848. The van der Waals surface area contributed by atoms with Crippen molar-refractivity contribution in [2.24, 2.45) is 0 Å². The molecule has 0 saturated carbocycles. The molecule has 1 fully saturated rings. The molecule has 1 aliphatic rings. The van der Waals surface area contributed by atoms with Crippen LogP contribution >= 0.6 is 0 Å². The molecular weight excluding hydrogens is 310 g/mol. The number of benzene rings is 1. The highest BCUT2D eigenvalue weighted by molar-refractivity contribution is 7.92. The molecule has 1 saturated heterocycles. The number of hydrogen-bond acceptors (Lipinski definition) is 3. The van der Waals surface area contributed by atoms with Gasteiger partial charge in [-0.25, -0.2) is 8.42 Å². The van der Waals surface area contributed by atoms with Crippen LogP contribution in [0.3, 0.4) is 0 Å². The third-order valence-corrected chi connectivity index (χ3v) is 6.88. The molecule has 0 spiro atoms. The van der Waals surface area contributed by atoms with Gasteiger partial charge < -0.3 is 4.90 Å². The topological polar surface area (TPSA) is 54.5 Å². The van der Waals surface area contributed by atoms with Gasteiger partial charge in [0.1, 0.15) is 0 Å². The Morgan fingerprint density at radius 3 is 2.13 bits per heavy atom. The number of carbonyl (C=O) groups excluding carboxylic acids is 1. The van der Waals surface area contributed by atoms with Gasteiger partial charge >= 0.3 is 0 Å². The fraction of sp³-hybridized carbons (Fsp3) is 0.611. The number of sulfone groups is 1. The van der Waals surface area contributed by atoms with Crippen LogP contribution in [0.2, 0.25) is 0 Å². The number of rotatable bonds is 4. The van der Waals surface area contributed by atoms with Crippen molar-refractivity contribution in [3.05, 3.63) is 29.8 Å². The van der Waals surface area contributed by atoms with Crippen molar-refractivity contribution in [2.75, 3.05) is 0 Å². The highest BCUT2D eigenvalue weighted by Crippen LogP contribution is 2.24. The Morgan fingerprint density at radius 2 is 1.65 bits per heavy atom. The number of nitrogens with zero attached hydrogens (tertiary/aromatic N) is 1. The summed E-state index contributed by atoms with van der Waals surface area (Å²) in [6, 6.07) is 7.31. The summed E-state index contributed by atoms with van der Waals surface area (Å²) < 4.78 is 24.2. The van der Waals surface area contributed by atoms with E-state index in [0.29, 0.717) is 11.3 Å². The van der Waals surface area contributed by atoms with E-state index < -0.39 is 15.1 Å². The van der Waals surface area contributed by atoms with Gasteiger partial charge in [0, 0.05) is 12.1 Å². The highest BCUT2D eigenvalue weighted by Gasteiger charge is 2.28. The first-order valence-electron chi connectivity index (χ1n) is 8.37. The van der Waals surface area contributed by atoms with Crippen LogP contribution in [0.25, 0.3) is 0 Å². The smallest absolute Gasteiger partial charge is 0.227 e. The molecule has 2 rings (SSSR count). The number of carbonyl (C=O) groups is 1. The summed E-state index contributed by atoms with van der Waals surface area (Å²) in [5.74, 6) is 0.129. The normalized spacial score (nSPS) is 22.4. The zero-order valence-corrected chi connectivity index (χ0v) is 15.3. The number of hydrogen-bond donors (Lipinski definition) is 0. The van der Waals surface area contributed by atoms with Crippen molar-refractivity contribution in [1.29, 1.82) is 0 Å². The van der Waals surface area contributed by atoms with Gasteiger partial charge in [-0.15, -0.1) is 0 Å². The second-order valence-corrected chi connectivity index (χ2v) is 9.35. The molecule has 1 heterocycles. The lowest BCUT2D eigenvalue weighted by Gasteiger charge is -2.39. The third-order valence-electron chi connectivity index (χ3n) is 4.71. The Labute approximate surface area is 139 Å². The van der Waals surface area contributed by atoms with Crippen molar-refractivity contribution in [1.82, 2.24) is 4.90 Å². The summed E-state index contributed by atoms with van der Waals surface area (Å²) >= 11 is 0. The zero-order valence-electron chi connectivity index (χ0n) is 14.5. The van der Waals surface area contributed by atoms with Crippen molar-refractivity contribution in [2.45, 2.75) is 75.6 Å². The molecule has 2 atom stereocenters. The van der Waals surface area contributed by atoms with E-state index in [1.54, 1.807) is 38.1 Å². The van der Waals surface area contributed by atoms with Crippen molar-refractivity contribution in [3.8, 4) is 0 Å². The predicted octanol–water partition coefficient (Wildman–Crippen LogP) is 3.20. The Kier molecular flexibility index (Phi) is 5.50. The van der Waals surface area contributed by atoms with E-state index in [4.69, 9.17) is 0 Å². The van der Waals surface area contributed by atoms with Crippen LogP contribution in [0.5, 0.6) is 0 Å². The summed E-state index contributed by atoms with van der Waals surface area (Å²) in [5.41, 5.74) is 0.864. The van der Waals surface area contributed by atoms with Crippen LogP contribution in [0.4, 0.5) is 0 Å². The second kappa shape index (κ2) is 7.04. The fourth-order valence-electron chi connectivity index (χ4n) is 3.25. The van der Waals surface area contributed by atoms with Crippen LogP contribution in [-0.4, -0.2) is 36.6 Å². The Bertz CT molecular complexity index is 639. The molecule has 128 valence electrons. The van der Waals surface area contributed by atoms with Gasteiger partial charge in [0.05, 0.1) is 16.6 Å². The summed E-state index contributed by atoms with van der Waals surface area (Å²) in [5, 5.41) is -0.440. The number of piperidine rings is 1. The van der Waals surface area contributed by atoms with Crippen molar-refractivity contribution < 1.29 is 13.2 Å². The van der Waals surface area contributed by atoms with Gasteiger partial charge in [-0.05, 0) is 64.7 Å². The minimum absolute atomic E-state index is 0.129. The lowest BCUT2D eigenvalue weighted by Crippen LogP contribution is -2.48. The molecule has 0 aromatic heterocycles. The lowest BCUT2D eigenvalue weighted by atomic mass is 9.96. The molecule has 0 bridgehead atoms. The molecule has 1 aliphatic heterocycles. The molecule has 23 heavy (non-hydrogen) atoms. The minimum Gasteiger partial charge on any atom is -0.337 e. The Morgan fingerprint density at radius 1 is 1.13 bits per heavy atom. The molecule has 0 aliphatic carbocycles. The molecule has 2 unspecified atom stereocenters. The molecule has 5 heteroatoms. The van der Waals surface area contributed by atoms with E-state index in [2.05, 4.69) is 13.8 Å². The summed E-state index contributed by atoms with van der Waals surface area (Å²) in [6.07, 6.45) is 3.62. The highest BCUT2D eigenvalue weighted by atomic mass is 32.2. The van der Waals surface area contributed by atoms with Crippen LogP contribution in [0, 0.1) is 0 Å². The molecule has 4 nitrogen and oxygen atoms in total. The number of likely N-dealkylation sites (tertiary alicyclic amines) is 1. The van der Waals surface area contributed by atoms with Gasteiger partial charge in [-0.1, -0.05) is 12.1 Å². The largest absolute Gasteiger partial charge is 0.337 e. The Balaban J connectivity index is 2.10. The van der Waals surface area contributed by atoms with Gasteiger partial charge in [-0.2, -0.15) is 0 Å². The standard InChI is InChI=1S/C18H27NO3S/c1-13(2)23(21,22)17-10-8-16(9-11-17)12-18(20)19-14(3)6-5-7-15(19)4/h8-11,13-15H,5-7,12H2,1-4H3. The van der Waals surface area contributed by atoms with E-state index in [1.807, 2.05) is 4.90 Å². The molecule has 1 aromatic rings. The summed E-state index contributed by atoms with van der Waals surface area (Å²) in [7, 11) is -3.26. The average Bonchev–Trinajstić information content (AvgIpc) is 2.47. The Hall–Kier alpha value is -1.36. The minimum atomic E-state index is -3.26. The predicted molar refractivity (Wildman–Crippen MR) is 92.1 cm³/mol. The molecular formula is C18H27NO3S. The van der Waals surface area contributed by atoms with E-state index in [1.165, 1.54) is 6.42 Å². The third kappa shape index (κ3) is 3.94. The van der Waals surface area contributed by atoms with Gasteiger partial charge in [-0.3, -0.25) is 4.79 Å². The van der Waals surface area contributed by atoms with Gasteiger partial charge in [0.2, 0.25) is 5.91 Å². The van der Waals surface area contributed by atoms with E-state index in [-0.39, 0.29) is 18.0 Å². The van der Waals surface area contributed by atoms with Crippen LogP contribution < -0.4 is 0 Å². The second-order valence-electron chi connectivity index (χ2n) is 6.84.